The fraction of sp³-hybridized carbons (Fsp3) is 0.500. The maximum absolute atomic E-state index is 6.51. The van der Waals surface area contributed by atoms with E-state index in [1.165, 1.54) is 32.1 Å². The fourth-order valence-corrected chi connectivity index (χ4v) is 3.84. The van der Waals surface area contributed by atoms with Crippen LogP contribution >= 0.6 is 11.6 Å². The zero-order chi connectivity index (χ0) is 14.8. The second kappa shape index (κ2) is 6.23. The molecular weight excluding hydrogens is 280 g/mol. The number of hydrogen-bond donors (Lipinski definition) is 1. The van der Waals surface area contributed by atoms with Gasteiger partial charge < -0.3 is 5.32 Å². The van der Waals surface area contributed by atoms with Crippen molar-refractivity contribution in [2.24, 2.45) is 5.92 Å². The van der Waals surface area contributed by atoms with E-state index < -0.39 is 0 Å². The Bertz CT molecular complexity index is 638. The van der Waals surface area contributed by atoms with Crippen LogP contribution < -0.4 is 5.32 Å². The Morgan fingerprint density at radius 1 is 1.38 bits per heavy atom. The number of anilines is 1. The lowest BCUT2D eigenvalue weighted by Gasteiger charge is -2.30. The average Bonchev–Trinajstić information content (AvgIpc) is 2.51. The van der Waals surface area contributed by atoms with Crippen molar-refractivity contribution in [2.75, 3.05) is 5.32 Å². The molecule has 2 nitrogen and oxygen atoms in total. The highest BCUT2D eigenvalue weighted by Gasteiger charge is 2.22. The number of nitrogens with one attached hydrogen (secondary N) is 1. The summed E-state index contributed by atoms with van der Waals surface area (Å²) in [6.07, 6.45) is 8.31. The molecule has 0 saturated heterocycles. The van der Waals surface area contributed by atoms with Crippen LogP contribution in [-0.4, -0.2) is 11.0 Å². The first-order valence-electron chi connectivity index (χ1n) is 7.99. The maximum Gasteiger partial charge on any atom is 0.0752 e. The summed E-state index contributed by atoms with van der Waals surface area (Å²) >= 11 is 6.51. The van der Waals surface area contributed by atoms with Gasteiger partial charge in [0, 0.05) is 17.6 Å². The lowest BCUT2D eigenvalue weighted by Crippen LogP contribution is -2.27. The molecule has 3 rings (SSSR count). The van der Waals surface area contributed by atoms with Gasteiger partial charge in [-0.05, 0) is 49.4 Å². The van der Waals surface area contributed by atoms with Gasteiger partial charge in [0.1, 0.15) is 0 Å². The molecule has 2 unspecified atom stereocenters. The Labute approximate surface area is 131 Å². The average molecular weight is 303 g/mol. The number of hydrogen-bond acceptors (Lipinski definition) is 2. The molecule has 1 aromatic carbocycles. The maximum atomic E-state index is 6.51. The first kappa shape index (κ1) is 14.6. The summed E-state index contributed by atoms with van der Waals surface area (Å²) in [5, 5.41) is 5.66. The van der Waals surface area contributed by atoms with E-state index in [1.807, 2.05) is 18.3 Å². The van der Waals surface area contributed by atoms with Crippen LogP contribution in [0.25, 0.3) is 10.9 Å². The normalized spacial score (nSPS) is 22.4. The Hall–Kier alpha value is -1.28. The third kappa shape index (κ3) is 3.01. The zero-order valence-corrected chi connectivity index (χ0v) is 13.6. The SMILES string of the molecule is CCC1CCCC(Nc2c(Cl)cc(C)c3ncccc23)C1. The molecule has 1 saturated carbocycles. The Balaban J connectivity index is 1.93. The second-order valence-corrected chi connectivity index (χ2v) is 6.64. The molecule has 0 spiro atoms. The third-order valence-electron chi connectivity index (χ3n) is 4.74. The molecule has 1 N–H and O–H groups in total. The van der Waals surface area contributed by atoms with Crippen LogP contribution in [0.5, 0.6) is 0 Å². The molecule has 1 fully saturated rings. The van der Waals surface area contributed by atoms with E-state index in [4.69, 9.17) is 11.6 Å². The van der Waals surface area contributed by atoms with Crippen molar-refractivity contribution in [2.45, 2.75) is 52.0 Å². The lowest BCUT2D eigenvalue weighted by molar-refractivity contribution is 0.327. The van der Waals surface area contributed by atoms with Gasteiger partial charge in [0.2, 0.25) is 0 Å². The quantitative estimate of drug-likeness (QED) is 0.801. The van der Waals surface area contributed by atoms with E-state index >= 15 is 0 Å². The van der Waals surface area contributed by atoms with Crippen molar-refractivity contribution < 1.29 is 0 Å². The molecule has 1 aliphatic rings. The van der Waals surface area contributed by atoms with E-state index in [0.717, 1.165) is 33.1 Å². The zero-order valence-electron chi connectivity index (χ0n) is 12.8. The highest BCUT2D eigenvalue weighted by atomic mass is 35.5. The van der Waals surface area contributed by atoms with Gasteiger partial charge in [-0.2, -0.15) is 0 Å². The van der Waals surface area contributed by atoms with E-state index in [1.54, 1.807) is 0 Å². The number of rotatable bonds is 3. The second-order valence-electron chi connectivity index (χ2n) is 6.23. The van der Waals surface area contributed by atoms with Gasteiger partial charge in [0.25, 0.3) is 0 Å². The van der Waals surface area contributed by atoms with Crippen molar-refractivity contribution in [3.8, 4) is 0 Å². The monoisotopic (exact) mass is 302 g/mol. The predicted octanol–water partition coefficient (Wildman–Crippen LogP) is 5.58. The molecule has 1 aromatic heterocycles. The summed E-state index contributed by atoms with van der Waals surface area (Å²) in [5.74, 6) is 0.852. The lowest BCUT2D eigenvalue weighted by atomic mass is 9.84. The number of nitrogens with zero attached hydrogens (tertiary/aromatic N) is 1. The molecule has 112 valence electrons. The fourth-order valence-electron chi connectivity index (χ4n) is 3.52. The van der Waals surface area contributed by atoms with Gasteiger partial charge in [-0.3, -0.25) is 4.98 Å². The Kier molecular flexibility index (Phi) is 4.34. The van der Waals surface area contributed by atoms with Crippen molar-refractivity contribution >= 4 is 28.2 Å². The number of halogens is 1. The summed E-state index contributed by atoms with van der Waals surface area (Å²) in [6.45, 7) is 4.37. The molecule has 2 atom stereocenters. The van der Waals surface area contributed by atoms with E-state index in [0.29, 0.717) is 6.04 Å². The van der Waals surface area contributed by atoms with Crippen LogP contribution in [0.4, 0.5) is 5.69 Å². The van der Waals surface area contributed by atoms with Gasteiger partial charge in [-0.25, -0.2) is 0 Å². The molecule has 21 heavy (non-hydrogen) atoms. The molecule has 0 aliphatic heterocycles. The van der Waals surface area contributed by atoms with Gasteiger partial charge in [0.05, 0.1) is 16.2 Å². The van der Waals surface area contributed by atoms with Crippen molar-refractivity contribution in [1.29, 1.82) is 0 Å². The smallest absolute Gasteiger partial charge is 0.0752 e. The number of benzene rings is 1. The Morgan fingerprint density at radius 3 is 3.05 bits per heavy atom. The minimum absolute atomic E-state index is 0.535. The summed E-state index contributed by atoms with van der Waals surface area (Å²) in [5.41, 5.74) is 3.25. The molecule has 0 amide bonds. The van der Waals surface area contributed by atoms with Crippen LogP contribution in [0.2, 0.25) is 5.02 Å². The highest BCUT2D eigenvalue weighted by molar-refractivity contribution is 6.35. The summed E-state index contributed by atoms with van der Waals surface area (Å²) < 4.78 is 0. The predicted molar refractivity (Wildman–Crippen MR) is 91.1 cm³/mol. The van der Waals surface area contributed by atoms with E-state index in [9.17, 15) is 0 Å². The van der Waals surface area contributed by atoms with Crippen molar-refractivity contribution in [3.63, 3.8) is 0 Å². The van der Waals surface area contributed by atoms with E-state index in [2.05, 4.69) is 30.2 Å². The van der Waals surface area contributed by atoms with Crippen LogP contribution in [0.3, 0.4) is 0 Å². The number of fused-ring (bicyclic) bond motifs is 1. The van der Waals surface area contributed by atoms with Crippen LogP contribution in [0.1, 0.15) is 44.6 Å². The number of aromatic nitrogens is 1. The standard InChI is InChI=1S/C18H23ClN2/c1-3-13-6-4-7-14(11-13)21-18-15-8-5-9-20-17(15)12(2)10-16(18)19/h5,8-10,13-14,21H,3-4,6-7,11H2,1-2H3. The summed E-state index contributed by atoms with van der Waals surface area (Å²) in [7, 11) is 0. The highest BCUT2D eigenvalue weighted by Crippen LogP contribution is 2.36. The Morgan fingerprint density at radius 2 is 2.24 bits per heavy atom. The molecular formula is C18H23ClN2. The van der Waals surface area contributed by atoms with Gasteiger partial charge in [-0.1, -0.05) is 37.8 Å². The van der Waals surface area contributed by atoms with Crippen molar-refractivity contribution in [1.82, 2.24) is 4.98 Å². The molecule has 0 radical (unpaired) electrons. The molecule has 1 heterocycles. The largest absolute Gasteiger partial charge is 0.381 e. The van der Waals surface area contributed by atoms with Crippen molar-refractivity contribution in [3.05, 3.63) is 35.0 Å². The summed E-state index contributed by atoms with van der Waals surface area (Å²) in [6, 6.07) is 6.66. The van der Waals surface area contributed by atoms with Gasteiger partial charge >= 0.3 is 0 Å². The topological polar surface area (TPSA) is 24.9 Å². The third-order valence-corrected chi connectivity index (χ3v) is 5.04. The van der Waals surface area contributed by atoms with E-state index in [-0.39, 0.29) is 0 Å². The molecule has 3 heteroatoms. The minimum Gasteiger partial charge on any atom is -0.381 e. The number of aryl methyl sites for hydroxylation is 1. The van der Waals surface area contributed by atoms with Gasteiger partial charge in [-0.15, -0.1) is 0 Å². The molecule has 2 aromatic rings. The first-order valence-corrected chi connectivity index (χ1v) is 8.37. The van der Waals surface area contributed by atoms with Crippen LogP contribution in [-0.2, 0) is 0 Å². The minimum atomic E-state index is 0.535. The number of pyridine rings is 1. The first-order chi connectivity index (χ1) is 10.2. The van der Waals surface area contributed by atoms with Crippen LogP contribution in [0.15, 0.2) is 24.4 Å². The summed E-state index contributed by atoms with van der Waals surface area (Å²) in [4.78, 5) is 4.51. The molecule has 1 aliphatic carbocycles. The molecule has 0 bridgehead atoms. The van der Waals surface area contributed by atoms with Gasteiger partial charge in [0.15, 0.2) is 0 Å². The van der Waals surface area contributed by atoms with Crippen LogP contribution in [0, 0.1) is 12.8 Å².